The van der Waals surface area contributed by atoms with Gasteiger partial charge in [-0.2, -0.15) is 0 Å². The predicted molar refractivity (Wildman–Crippen MR) is 97.0 cm³/mol. The molecule has 2 aromatic rings. The van der Waals surface area contributed by atoms with E-state index in [1.807, 2.05) is 0 Å². The summed E-state index contributed by atoms with van der Waals surface area (Å²) in [5.41, 5.74) is 0.713. The quantitative estimate of drug-likeness (QED) is 0.528. The molecule has 3 rings (SSSR count). The van der Waals surface area contributed by atoms with E-state index < -0.39 is 9.85 Å². The highest BCUT2D eigenvalue weighted by atomic mass is 16.6. The number of nitro groups is 2. The van der Waals surface area contributed by atoms with Crippen molar-refractivity contribution in [2.45, 2.75) is 6.10 Å². The smallest absolute Gasteiger partial charge is 0.269 e. The average molecular weight is 387 g/mol. The van der Waals surface area contributed by atoms with Crippen molar-refractivity contribution in [2.75, 3.05) is 26.3 Å². The lowest BCUT2D eigenvalue weighted by Gasteiger charge is -2.32. The number of nitrogens with zero attached hydrogens (tertiary/aromatic N) is 3. The molecule has 1 aliphatic rings. The Morgan fingerprint density at radius 3 is 2.14 bits per heavy atom. The highest BCUT2D eigenvalue weighted by Crippen LogP contribution is 2.25. The van der Waals surface area contributed by atoms with Crippen LogP contribution in [0.4, 0.5) is 11.4 Å². The van der Waals surface area contributed by atoms with E-state index >= 15 is 0 Å². The van der Waals surface area contributed by atoms with E-state index in [1.165, 1.54) is 36.4 Å². The standard InChI is InChI=1S/C18H17N3O7/c22-18-12-28-17(13-1-3-14(4-2-13)20(23)24)11-19(18)9-10-27-16-7-5-15(6-8-16)21(25)26/h1-8,17H,9-12H2. The largest absolute Gasteiger partial charge is 0.492 e. The Hall–Kier alpha value is -3.53. The molecule has 0 radical (unpaired) electrons. The Morgan fingerprint density at radius 2 is 1.57 bits per heavy atom. The van der Waals surface area contributed by atoms with Gasteiger partial charge in [0.15, 0.2) is 0 Å². The highest BCUT2D eigenvalue weighted by Gasteiger charge is 2.27. The summed E-state index contributed by atoms with van der Waals surface area (Å²) in [5.74, 6) is 0.295. The molecule has 0 bridgehead atoms. The van der Waals surface area contributed by atoms with E-state index in [4.69, 9.17) is 9.47 Å². The molecule has 0 saturated carbocycles. The lowest BCUT2D eigenvalue weighted by Crippen LogP contribution is -2.44. The van der Waals surface area contributed by atoms with E-state index in [2.05, 4.69) is 0 Å². The summed E-state index contributed by atoms with van der Waals surface area (Å²) < 4.78 is 11.1. The van der Waals surface area contributed by atoms with Gasteiger partial charge in [-0.25, -0.2) is 0 Å². The number of hydrogen-bond acceptors (Lipinski definition) is 7. The molecule has 1 amide bonds. The van der Waals surface area contributed by atoms with Crippen molar-refractivity contribution in [1.82, 2.24) is 4.90 Å². The maximum absolute atomic E-state index is 12.1. The van der Waals surface area contributed by atoms with Crippen molar-refractivity contribution in [3.05, 3.63) is 74.3 Å². The Balaban J connectivity index is 1.55. The molecular formula is C18H17N3O7. The molecule has 1 fully saturated rings. The van der Waals surface area contributed by atoms with Crippen molar-refractivity contribution >= 4 is 17.3 Å². The third-order valence-electron chi connectivity index (χ3n) is 4.30. The van der Waals surface area contributed by atoms with Crippen molar-refractivity contribution in [2.24, 2.45) is 0 Å². The van der Waals surface area contributed by atoms with Crippen LogP contribution in [0.2, 0.25) is 0 Å². The SMILES string of the molecule is O=C1COC(c2ccc([N+](=O)[O-])cc2)CN1CCOc1ccc([N+](=O)[O-])cc1. The van der Waals surface area contributed by atoms with Gasteiger partial charge < -0.3 is 14.4 Å². The number of benzene rings is 2. The van der Waals surface area contributed by atoms with Crippen molar-refractivity contribution < 1.29 is 24.1 Å². The van der Waals surface area contributed by atoms with E-state index in [-0.39, 0.29) is 36.6 Å². The van der Waals surface area contributed by atoms with Crippen molar-refractivity contribution in [3.63, 3.8) is 0 Å². The minimum atomic E-state index is -0.492. The van der Waals surface area contributed by atoms with Gasteiger partial charge in [0, 0.05) is 24.3 Å². The number of hydrogen-bond donors (Lipinski definition) is 0. The topological polar surface area (TPSA) is 125 Å². The zero-order chi connectivity index (χ0) is 20.1. The summed E-state index contributed by atoms with van der Waals surface area (Å²) >= 11 is 0. The number of ether oxygens (including phenoxy) is 2. The fourth-order valence-corrected chi connectivity index (χ4v) is 2.78. The summed E-state index contributed by atoms with van der Waals surface area (Å²) in [7, 11) is 0. The lowest BCUT2D eigenvalue weighted by atomic mass is 10.1. The summed E-state index contributed by atoms with van der Waals surface area (Å²) in [5, 5.41) is 21.4. The van der Waals surface area contributed by atoms with Crippen LogP contribution in [0.1, 0.15) is 11.7 Å². The molecule has 0 N–H and O–H groups in total. The first-order valence-electron chi connectivity index (χ1n) is 8.45. The molecule has 1 aliphatic heterocycles. The molecule has 0 spiro atoms. The molecule has 2 aromatic carbocycles. The van der Waals surface area contributed by atoms with Gasteiger partial charge in [-0.3, -0.25) is 25.0 Å². The van der Waals surface area contributed by atoms with Gasteiger partial charge in [0.25, 0.3) is 11.4 Å². The van der Waals surface area contributed by atoms with Crippen LogP contribution in [0.15, 0.2) is 48.5 Å². The molecule has 0 aliphatic carbocycles. The Labute approximate surface area is 159 Å². The second-order valence-electron chi connectivity index (χ2n) is 6.09. The van der Waals surface area contributed by atoms with Gasteiger partial charge in [0.2, 0.25) is 5.91 Å². The van der Waals surface area contributed by atoms with E-state index in [0.29, 0.717) is 18.8 Å². The van der Waals surface area contributed by atoms with Crippen molar-refractivity contribution in [1.29, 1.82) is 0 Å². The molecule has 28 heavy (non-hydrogen) atoms. The Bertz CT molecular complexity index is 868. The normalized spacial score (nSPS) is 16.6. The first kappa shape index (κ1) is 19.2. The second kappa shape index (κ2) is 8.44. The molecule has 1 heterocycles. The van der Waals surface area contributed by atoms with Gasteiger partial charge in [0.05, 0.1) is 22.9 Å². The number of carbonyl (C=O) groups is 1. The van der Waals surface area contributed by atoms with E-state index in [0.717, 1.165) is 5.56 Å². The monoisotopic (exact) mass is 387 g/mol. The summed E-state index contributed by atoms with van der Waals surface area (Å²) in [4.78, 5) is 34.1. The zero-order valence-corrected chi connectivity index (χ0v) is 14.7. The molecule has 1 unspecified atom stereocenters. The molecule has 10 nitrogen and oxygen atoms in total. The minimum absolute atomic E-state index is 0.0102. The molecular weight excluding hydrogens is 370 g/mol. The van der Waals surface area contributed by atoms with E-state index in [1.54, 1.807) is 17.0 Å². The van der Waals surface area contributed by atoms with Crippen molar-refractivity contribution in [3.8, 4) is 5.75 Å². The van der Waals surface area contributed by atoms with E-state index in [9.17, 15) is 25.0 Å². The Kier molecular flexibility index (Phi) is 5.80. The van der Waals surface area contributed by atoms with Crippen LogP contribution < -0.4 is 4.74 Å². The van der Waals surface area contributed by atoms with Crippen LogP contribution in [0, 0.1) is 20.2 Å². The van der Waals surface area contributed by atoms with Gasteiger partial charge in [-0.1, -0.05) is 0 Å². The van der Waals surface area contributed by atoms with Crippen LogP contribution in [0.3, 0.4) is 0 Å². The molecule has 146 valence electrons. The molecule has 0 aromatic heterocycles. The average Bonchev–Trinajstić information content (AvgIpc) is 2.70. The number of morpholine rings is 1. The zero-order valence-electron chi connectivity index (χ0n) is 14.7. The molecule has 1 atom stereocenters. The minimum Gasteiger partial charge on any atom is -0.492 e. The fraction of sp³-hybridized carbons (Fsp3) is 0.278. The van der Waals surface area contributed by atoms with Crippen LogP contribution in [-0.4, -0.2) is 47.0 Å². The summed E-state index contributed by atoms with van der Waals surface area (Å²) in [6, 6.07) is 11.7. The van der Waals surface area contributed by atoms with Gasteiger partial charge in [0.1, 0.15) is 25.1 Å². The lowest BCUT2D eigenvalue weighted by molar-refractivity contribution is -0.385. The number of rotatable bonds is 7. The molecule has 1 saturated heterocycles. The van der Waals surface area contributed by atoms with Crippen LogP contribution in [0.5, 0.6) is 5.75 Å². The van der Waals surface area contributed by atoms with Gasteiger partial charge in [-0.15, -0.1) is 0 Å². The van der Waals surface area contributed by atoms with Crippen LogP contribution in [-0.2, 0) is 9.53 Å². The molecule has 10 heteroatoms. The van der Waals surface area contributed by atoms with Gasteiger partial charge >= 0.3 is 0 Å². The van der Waals surface area contributed by atoms with Gasteiger partial charge in [-0.05, 0) is 29.8 Å². The number of carbonyl (C=O) groups excluding carboxylic acids is 1. The maximum Gasteiger partial charge on any atom is 0.269 e. The Morgan fingerprint density at radius 1 is 1.00 bits per heavy atom. The number of amides is 1. The van der Waals surface area contributed by atoms with Crippen LogP contribution >= 0.6 is 0 Å². The first-order valence-corrected chi connectivity index (χ1v) is 8.45. The summed E-state index contributed by atoms with van der Waals surface area (Å²) in [6.45, 7) is 0.763. The third kappa shape index (κ3) is 4.60. The number of non-ortho nitro benzene ring substituents is 2. The fourth-order valence-electron chi connectivity index (χ4n) is 2.78. The number of nitro benzene ring substituents is 2. The maximum atomic E-state index is 12.1. The summed E-state index contributed by atoms with van der Waals surface area (Å²) in [6.07, 6.45) is -0.377. The predicted octanol–water partition coefficient (Wildman–Crippen LogP) is 2.48. The third-order valence-corrected chi connectivity index (χ3v) is 4.30. The second-order valence-corrected chi connectivity index (χ2v) is 6.09. The first-order chi connectivity index (χ1) is 13.4. The highest BCUT2D eigenvalue weighted by molar-refractivity contribution is 5.78. The van der Waals surface area contributed by atoms with Crippen LogP contribution in [0.25, 0.3) is 0 Å².